The van der Waals surface area contributed by atoms with Crippen LogP contribution in [0.2, 0.25) is 0 Å². The van der Waals surface area contributed by atoms with Crippen LogP contribution in [0, 0.1) is 6.92 Å². The molecule has 1 aliphatic rings. The van der Waals surface area contributed by atoms with Gasteiger partial charge in [0.1, 0.15) is 6.23 Å². The first-order valence-electron chi connectivity index (χ1n) is 8.20. The second-order valence-electron chi connectivity index (χ2n) is 6.16. The Bertz CT molecular complexity index is 629. The van der Waals surface area contributed by atoms with Crippen LogP contribution < -0.4 is 5.73 Å². The highest BCUT2D eigenvalue weighted by molar-refractivity contribution is 5.64. The molecule has 2 heterocycles. The Morgan fingerprint density at radius 1 is 1.35 bits per heavy atom. The van der Waals surface area contributed by atoms with Crippen molar-refractivity contribution in [3.8, 4) is 11.3 Å². The number of nitrogen functional groups attached to an aromatic ring is 1. The third kappa shape index (κ3) is 3.74. The van der Waals surface area contributed by atoms with E-state index in [2.05, 4.69) is 25.1 Å². The molecule has 0 aliphatic carbocycles. The topological polar surface area (TPSA) is 56.3 Å². The fourth-order valence-corrected chi connectivity index (χ4v) is 2.88. The van der Waals surface area contributed by atoms with E-state index in [9.17, 15) is 0 Å². The molecule has 5 nitrogen and oxygen atoms in total. The van der Waals surface area contributed by atoms with E-state index in [0.717, 1.165) is 49.5 Å². The van der Waals surface area contributed by atoms with Gasteiger partial charge in [0.2, 0.25) is 0 Å². The van der Waals surface area contributed by atoms with E-state index in [1.807, 2.05) is 28.9 Å². The minimum absolute atomic E-state index is 0.0510. The Morgan fingerprint density at radius 3 is 2.78 bits per heavy atom. The van der Waals surface area contributed by atoms with Crippen LogP contribution in [0.1, 0.15) is 31.1 Å². The number of rotatable bonds is 5. The molecule has 123 valence electrons. The minimum atomic E-state index is 0.0510. The van der Waals surface area contributed by atoms with Crippen LogP contribution in [0.3, 0.4) is 0 Å². The largest absolute Gasteiger partial charge is 0.399 e. The molecule has 1 aliphatic heterocycles. The van der Waals surface area contributed by atoms with Crippen molar-refractivity contribution in [1.29, 1.82) is 0 Å². The summed E-state index contributed by atoms with van der Waals surface area (Å²) in [7, 11) is 2.06. The van der Waals surface area contributed by atoms with Crippen molar-refractivity contribution in [3.63, 3.8) is 0 Å². The van der Waals surface area contributed by atoms with E-state index in [4.69, 9.17) is 15.6 Å². The third-order valence-electron chi connectivity index (χ3n) is 4.26. The molecule has 0 spiro atoms. The van der Waals surface area contributed by atoms with Gasteiger partial charge in [-0.3, -0.25) is 0 Å². The number of ether oxygens (including phenoxy) is 1. The number of hydrogen-bond donors (Lipinski definition) is 1. The molecular weight excluding hydrogens is 288 g/mol. The lowest BCUT2D eigenvalue weighted by Crippen LogP contribution is -2.19. The van der Waals surface area contributed by atoms with Crippen molar-refractivity contribution in [2.24, 2.45) is 0 Å². The molecule has 0 amide bonds. The molecule has 1 aromatic heterocycles. The molecule has 0 bridgehead atoms. The van der Waals surface area contributed by atoms with Crippen molar-refractivity contribution >= 4 is 5.69 Å². The fraction of sp³-hybridized carbons (Fsp3) is 0.444. The van der Waals surface area contributed by atoms with Crippen molar-refractivity contribution < 1.29 is 4.74 Å². The number of anilines is 1. The average Bonchev–Trinajstić information content (AvgIpc) is 3.00. The number of hydrogen-bond acceptors (Lipinski definition) is 4. The first kappa shape index (κ1) is 16.0. The predicted octanol–water partition coefficient (Wildman–Crippen LogP) is 3.10. The molecule has 1 radical (unpaired) electrons. The van der Waals surface area contributed by atoms with Crippen LogP contribution in [0.15, 0.2) is 30.5 Å². The van der Waals surface area contributed by atoms with Gasteiger partial charge in [0.25, 0.3) is 0 Å². The zero-order valence-corrected chi connectivity index (χ0v) is 13.7. The standard InChI is InChI=1S/C18H25N4O/c1-3-21(2)12-15-13-22(17-6-4-5-11-23-17)20-18(15)14-7-9-16(19)10-8-14/h7-10,13,17H,1,3-6,11-12,19H2,2H3. The predicted molar refractivity (Wildman–Crippen MR) is 92.6 cm³/mol. The molecule has 5 heteroatoms. The van der Waals surface area contributed by atoms with Crippen LogP contribution in [-0.2, 0) is 11.3 Å². The molecule has 1 saturated heterocycles. The van der Waals surface area contributed by atoms with Gasteiger partial charge in [-0.05, 0) is 51.9 Å². The van der Waals surface area contributed by atoms with Gasteiger partial charge < -0.3 is 15.4 Å². The molecule has 2 aromatic rings. The van der Waals surface area contributed by atoms with Crippen LogP contribution >= 0.6 is 0 Å². The van der Waals surface area contributed by atoms with Crippen LogP contribution in [0.5, 0.6) is 0 Å². The number of aromatic nitrogens is 2. The van der Waals surface area contributed by atoms with Gasteiger partial charge in [0.15, 0.2) is 0 Å². The Labute approximate surface area is 138 Å². The molecule has 1 atom stereocenters. The quantitative estimate of drug-likeness (QED) is 0.862. The van der Waals surface area contributed by atoms with Crippen molar-refractivity contribution in [2.75, 3.05) is 25.9 Å². The SMILES string of the molecule is [CH2]CN(C)Cc1cn(C2CCCCO2)nc1-c1ccc(N)cc1. The van der Waals surface area contributed by atoms with Gasteiger partial charge in [-0.2, -0.15) is 5.10 Å². The maximum absolute atomic E-state index is 5.87. The second-order valence-corrected chi connectivity index (χ2v) is 6.16. The van der Waals surface area contributed by atoms with Gasteiger partial charge in [-0.1, -0.05) is 12.1 Å². The molecule has 1 unspecified atom stereocenters. The first-order chi connectivity index (χ1) is 11.2. The van der Waals surface area contributed by atoms with E-state index in [1.54, 1.807) is 0 Å². The molecule has 1 aromatic carbocycles. The van der Waals surface area contributed by atoms with E-state index in [1.165, 1.54) is 12.0 Å². The second kappa shape index (κ2) is 7.15. The zero-order valence-electron chi connectivity index (χ0n) is 13.7. The highest BCUT2D eigenvalue weighted by Gasteiger charge is 2.20. The number of nitrogens with two attached hydrogens (primary N) is 1. The molecule has 1 fully saturated rings. The summed E-state index contributed by atoms with van der Waals surface area (Å²) in [5.74, 6) is 0. The van der Waals surface area contributed by atoms with E-state index < -0.39 is 0 Å². The summed E-state index contributed by atoms with van der Waals surface area (Å²) in [6.45, 7) is 6.34. The van der Waals surface area contributed by atoms with Gasteiger partial charge in [0, 0.05) is 36.2 Å². The molecule has 23 heavy (non-hydrogen) atoms. The maximum Gasteiger partial charge on any atom is 0.150 e. The fourth-order valence-electron chi connectivity index (χ4n) is 2.88. The minimum Gasteiger partial charge on any atom is -0.399 e. The van der Waals surface area contributed by atoms with E-state index in [0.29, 0.717) is 0 Å². The molecule has 2 N–H and O–H groups in total. The van der Waals surface area contributed by atoms with Crippen molar-refractivity contribution in [1.82, 2.24) is 14.7 Å². The van der Waals surface area contributed by atoms with Crippen LogP contribution in [0.25, 0.3) is 11.3 Å². The smallest absolute Gasteiger partial charge is 0.150 e. The lowest BCUT2D eigenvalue weighted by molar-refractivity contribution is -0.0394. The summed E-state index contributed by atoms with van der Waals surface area (Å²) in [5, 5.41) is 4.82. The van der Waals surface area contributed by atoms with Gasteiger partial charge in [-0.15, -0.1) is 0 Å². The molecule has 3 rings (SSSR count). The van der Waals surface area contributed by atoms with Crippen LogP contribution in [-0.4, -0.2) is 34.9 Å². The molecular formula is C18H25N4O. The summed E-state index contributed by atoms with van der Waals surface area (Å²) in [5.41, 5.74) is 9.84. The average molecular weight is 313 g/mol. The van der Waals surface area contributed by atoms with E-state index >= 15 is 0 Å². The lowest BCUT2D eigenvalue weighted by Gasteiger charge is -2.22. The molecule has 0 saturated carbocycles. The number of nitrogens with zero attached hydrogens (tertiary/aromatic N) is 3. The van der Waals surface area contributed by atoms with Crippen molar-refractivity contribution in [2.45, 2.75) is 32.0 Å². The zero-order chi connectivity index (χ0) is 16.2. The van der Waals surface area contributed by atoms with Crippen LogP contribution in [0.4, 0.5) is 5.69 Å². The monoisotopic (exact) mass is 313 g/mol. The number of benzene rings is 1. The van der Waals surface area contributed by atoms with Gasteiger partial charge in [0.05, 0.1) is 5.69 Å². The first-order valence-corrected chi connectivity index (χ1v) is 8.20. The Morgan fingerprint density at radius 2 is 2.13 bits per heavy atom. The summed E-state index contributed by atoms with van der Waals surface area (Å²) >= 11 is 0. The Hall–Kier alpha value is -1.85. The Balaban J connectivity index is 1.94. The normalized spacial score (nSPS) is 18.5. The summed E-state index contributed by atoms with van der Waals surface area (Å²) < 4.78 is 7.86. The van der Waals surface area contributed by atoms with Crippen molar-refractivity contribution in [3.05, 3.63) is 42.9 Å². The van der Waals surface area contributed by atoms with Gasteiger partial charge >= 0.3 is 0 Å². The van der Waals surface area contributed by atoms with E-state index in [-0.39, 0.29) is 6.23 Å². The lowest BCUT2D eigenvalue weighted by atomic mass is 10.1. The third-order valence-corrected chi connectivity index (χ3v) is 4.26. The summed E-state index contributed by atoms with van der Waals surface area (Å²) in [4.78, 5) is 2.17. The van der Waals surface area contributed by atoms with Gasteiger partial charge in [-0.25, -0.2) is 4.68 Å². The summed E-state index contributed by atoms with van der Waals surface area (Å²) in [6, 6.07) is 7.88. The maximum atomic E-state index is 5.87. The highest BCUT2D eigenvalue weighted by Crippen LogP contribution is 2.28. The summed E-state index contributed by atoms with van der Waals surface area (Å²) in [6.07, 6.45) is 5.52. The highest BCUT2D eigenvalue weighted by atomic mass is 16.5. The Kier molecular flexibility index (Phi) is 4.98.